The van der Waals surface area contributed by atoms with Crippen LogP contribution < -0.4 is 5.73 Å². The molecule has 3 nitrogen and oxygen atoms in total. The second kappa shape index (κ2) is 4.23. The van der Waals surface area contributed by atoms with Crippen molar-refractivity contribution in [3.63, 3.8) is 0 Å². The van der Waals surface area contributed by atoms with Crippen molar-refractivity contribution in [1.29, 1.82) is 0 Å². The number of rotatable bonds is 2. The Bertz CT molecular complexity index is 686. The van der Waals surface area contributed by atoms with Crippen LogP contribution in [0.1, 0.15) is 5.56 Å². The topological polar surface area (TPSA) is 54.7 Å². The summed E-state index contributed by atoms with van der Waals surface area (Å²) in [7, 11) is 0. The van der Waals surface area contributed by atoms with E-state index in [2.05, 4.69) is 9.97 Å². The van der Waals surface area contributed by atoms with Gasteiger partial charge in [0, 0.05) is 12.1 Å². The van der Waals surface area contributed by atoms with Crippen molar-refractivity contribution in [3.05, 3.63) is 53.8 Å². The highest BCUT2D eigenvalue weighted by Gasteiger charge is 2.07. The molecule has 3 aromatic rings. The van der Waals surface area contributed by atoms with Crippen molar-refractivity contribution < 1.29 is 4.39 Å². The number of benzene rings is 2. The van der Waals surface area contributed by atoms with E-state index in [1.807, 2.05) is 18.2 Å². The average molecular weight is 241 g/mol. The first-order valence-electron chi connectivity index (χ1n) is 5.71. The highest BCUT2D eigenvalue weighted by molar-refractivity contribution is 5.82. The highest BCUT2D eigenvalue weighted by atomic mass is 19.1. The zero-order valence-corrected chi connectivity index (χ0v) is 9.65. The normalized spacial score (nSPS) is 11.0. The molecule has 0 amide bonds. The van der Waals surface area contributed by atoms with E-state index >= 15 is 0 Å². The van der Waals surface area contributed by atoms with Gasteiger partial charge in [-0.3, -0.25) is 0 Å². The van der Waals surface area contributed by atoms with Crippen LogP contribution in [0.2, 0.25) is 0 Å². The molecule has 0 radical (unpaired) electrons. The van der Waals surface area contributed by atoms with Crippen LogP contribution >= 0.6 is 0 Å². The van der Waals surface area contributed by atoms with Crippen molar-refractivity contribution in [2.45, 2.75) is 6.54 Å². The quantitative estimate of drug-likeness (QED) is 0.724. The molecule has 0 saturated carbocycles. The molecular formula is C14H12FN3. The molecule has 1 heterocycles. The zero-order chi connectivity index (χ0) is 12.5. The van der Waals surface area contributed by atoms with Gasteiger partial charge in [0.25, 0.3) is 0 Å². The Kier molecular flexibility index (Phi) is 2.57. The largest absolute Gasteiger partial charge is 0.338 e. The first kappa shape index (κ1) is 10.9. The minimum Gasteiger partial charge on any atom is -0.338 e. The Hall–Kier alpha value is -2.20. The van der Waals surface area contributed by atoms with E-state index in [0.717, 1.165) is 28.0 Å². The summed E-state index contributed by atoms with van der Waals surface area (Å²) in [5.41, 5.74) is 9.35. The summed E-state index contributed by atoms with van der Waals surface area (Å²) in [6.45, 7) is 0.449. The summed E-state index contributed by atoms with van der Waals surface area (Å²) in [6, 6.07) is 12.1. The number of nitrogens with one attached hydrogen (secondary N) is 1. The highest BCUT2D eigenvalue weighted by Crippen LogP contribution is 2.22. The van der Waals surface area contributed by atoms with E-state index in [0.29, 0.717) is 6.54 Å². The van der Waals surface area contributed by atoms with Crippen LogP contribution in [-0.4, -0.2) is 9.97 Å². The van der Waals surface area contributed by atoms with Gasteiger partial charge in [0.1, 0.15) is 11.6 Å². The number of H-pyrrole nitrogens is 1. The molecule has 0 spiro atoms. The molecule has 0 aliphatic carbocycles. The number of nitrogens with two attached hydrogens (primary N) is 1. The fourth-order valence-electron chi connectivity index (χ4n) is 2.00. The third kappa shape index (κ3) is 1.76. The Morgan fingerprint density at radius 3 is 2.61 bits per heavy atom. The maximum absolute atomic E-state index is 12.9. The molecule has 0 fully saturated rings. The van der Waals surface area contributed by atoms with Crippen LogP contribution in [0.25, 0.3) is 22.4 Å². The predicted octanol–water partition coefficient (Wildman–Crippen LogP) is 2.83. The van der Waals surface area contributed by atoms with Crippen molar-refractivity contribution in [2.75, 3.05) is 0 Å². The smallest absolute Gasteiger partial charge is 0.138 e. The van der Waals surface area contributed by atoms with Crippen molar-refractivity contribution in [3.8, 4) is 11.4 Å². The molecule has 0 unspecified atom stereocenters. The van der Waals surface area contributed by atoms with Crippen LogP contribution in [0.15, 0.2) is 42.5 Å². The monoisotopic (exact) mass is 241 g/mol. The Morgan fingerprint density at radius 1 is 1.11 bits per heavy atom. The number of fused-ring (bicyclic) bond motifs is 1. The first-order chi connectivity index (χ1) is 8.78. The number of halogens is 1. The number of imidazole rings is 1. The van der Waals surface area contributed by atoms with Crippen LogP contribution in [0.4, 0.5) is 4.39 Å². The molecule has 0 saturated heterocycles. The van der Waals surface area contributed by atoms with Crippen LogP contribution in [0.3, 0.4) is 0 Å². The van der Waals surface area contributed by atoms with E-state index in [4.69, 9.17) is 5.73 Å². The summed E-state index contributed by atoms with van der Waals surface area (Å²) in [5, 5.41) is 0. The number of para-hydroxylation sites is 1. The fraction of sp³-hybridized carbons (Fsp3) is 0.0714. The summed E-state index contributed by atoms with van der Waals surface area (Å²) in [6.07, 6.45) is 0. The van der Waals surface area contributed by atoms with Gasteiger partial charge in [0.15, 0.2) is 0 Å². The van der Waals surface area contributed by atoms with Gasteiger partial charge in [-0.25, -0.2) is 9.37 Å². The van der Waals surface area contributed by atoms with Crippen LogP contribution in [-0.2, 0) is 6.54 Å². The van der Waals surface area contributed by atoms with Crippen LogP contribution in [0.5, 0.6) is 0 Å². The number of hydrogen-bond donors (Lipinski definition) is 2. The summed E-state index contributed by atoms with van der Waals surface area (Å²) in [4.78, 5) is 7.74. The lowest BCUT2D eigenvalue weighted by Gasteiger charge is -1.95. The van der Waals surface area contributed by atoms with Crippen molar-refractivity contribution in [1.82, 2.24) is 9.97 Å². The van der Waals surface area contributed by atoms with Gasteiger partial charge < -0.3 is 10.7 Å². The summed E-state index contributed by atoms with van der Waals surface area (Å²) in [5.74, 6) is 0.475. The Morgan fingerprint density at radius 2 is 1.89 bits per heavy atom. The Balaban J connectivity index is 2.16. The lowest BCUT2D eigenvalue weighted by molar-refractivity contribution is 0.628. The Labute approximate surface area is 103 Å². The molecule has 2 aromatic carbocycles. The zero-order valence-electron chi connectivity index (χ0n) is 9.65. The molecular weight excluding hydrogens is 229 g/mol. The molecule has 0 aliphatic rings. The maximum Gasteiger partial charge on any atom is 0.138 e. The minimum atomic E-state index is -0.252. The lowest BCUT2D eigenvalue weighted by atomic mass is 10.2. The third-order valence-electron chi connectivity index (χ3n) is 2.93. The van der Waals surface area contributed by atoms with Gasteiger partial charge in [-0.2, -0.15) is 0 Å². The molecule has 90 valence electrons. The van der Waals surface area contributed by atoms with E-state index < -0.39 is 0 Å². The summed E-state index contributed by atoms with van der Waals surface area (Å²) < 4.78 is 12.9. The maximum atomic E-state index is 12.9. The van der Waals surface area contributed by atoms with E-state index in [-0.39, 0.29) is 5.82 Å². The summed E-state index contributed by atoms with van der Waals surface area (Å²) >= 11 is 0. The molecule has 3 rings (SSSR count). The number of aromatic amines is 1. The standard InChI is InChI=1S/C14H12FN3/c15-11-6-4-9(5-7-11)14-17-12-3-1-2-10(8-16)13(12)18-14/h1-7H,8,16H2,(H,17,18). The van der Waals surface area contributed by atoms with Gasteiger partial charge in [-0.05, 0) is 35.9 Å². The van der Waals surface area contributed by atoms with Gasteiger partial charge in [0.05, 0.1) is 11.0 Å². The van der Waals surface area contributed by atoms with E-state index in [9.17, 15) is 4.39 Å². The minimum absolute atomic E-state index is 0.252. The van der Waals surface area contributed by atoms with Crippen molar-refractivity contribution >= 4 is 11.0 Å². The van der Waals surface area contributed by atoms with Gasteiger partial charge in [-0.15, -0.1) is 0 Å². The van der Waals surface area contributed by atoms with Crippen LogP contribution in [0, 0.1) is 5.82 Å². The van der Waals surface area contributed by atoms with Crippen molar-refractivity contribution in [2.24, 2.45) is 5.73 Å². The molecule has 3 N–H and O–H groups in total. The number of aromatic nitrogens is 2. The SMILES string of the molecule is NCc1cccc2[nH]c(-c3ccc(F)cc3)nc12. The van der Waals surface area contributed by atoms with Gasteiger partial charge in [0.2, 0.25) is 0 Å². The second-order valence-electron chi connectivity index (χ2n) is 4.11. The fourth-order valence-corrected chi connectivity index (χ4v) is 2.00. The number of hydrogen-bond acceptors (Lipinski definition) is 2. The van der Waals surface area contributed by atoms with Gasteiger partial charge >= 0.3 is 0 Å². The van der Waals surface area contributed by atoms with E-state index in [1.54, 1.807) is 12.1 Å². The van der Waals surface area contributed by atoms with E-state index in [1.165, 1.54) is 12.1 Å². The third-order valence-corrected chi connectivity index (χ3v) is 2.93. The molecule has 0 bridgehead atoms. The first-order valence-corrected chi connectivity index (χ1v) is 5.71. The average Bonchev–Trinajstić information content (AvgIpc) is 2.83. The second-order valence-corrected chi connectivity index (χ2v) is 4.11. The molecule has 4 heteroatoms. The molecule has 0 aliphatic heterocycles. The molecule has 0 atom stereocenters. The lowest BCUT2D eigenvalue weighted by Crippen LogP contribution is -1.96. The van der Waals surface area contributed by atoms with Gasteiger partial charge in [-0.1, -0.05) is 12.1 Å². The molecule has 1 aromatic heterocycles. The molecule has 18 heavy (non-hydrogen) atoms. The number of nitrogens with zero attached hydrogens (tertiary/aromatic N) is 1. The predicted molar refractivity (Wildman–Crippen MR) is 69.4 cm³/mol.